The van der Waals surface area contributed by atoms with Crippen molar-refractivity contribution in [3.63, 3.8) is 0 Å². The Morgan fingerprint density at radius 2 is 1.88 bits per heavy atom. The first-order chi connectivity index (χ1) is 11.9. The van der Waals surface area contributed by atoms with Crippen LogP contribution in [0.4, 0.5) is 4.39 Å². The second-order valence-electron chi connectivity index (χ2n) is 6.09. The van der Waals surface area contributed by atoms with Crippen molar-refractivity contribution < 1.29 is 19.1 Å². The Morgan fingerprint density at radius 1 is 1.16 bits per heavy atom. The summed E-state index contributed by atoms with van der Waals surface area (Å²) in [4.78, 5) is 24.9. The van der Waals surface area contributed by atoms with Gasteiger partial charge in [-0.3, -0.25) is 14.3 Å². The molecule has 0 saturated carbocycles. The van der Waals surface area contributed by atoms with Gasteiger partial charge in [0, 0.05) is 11.4 Å². The zero-order chi connectivity index (χ0) is 18.1. The predicted molar refractivity (Wildman–Crippen MR) is 91.5 cm³/mol. The van der Waals surface area contributed by atoms with Crippen LogP contribution < -0.4 is 0 Å². The number of carbonyl (C=O) groups is 2. The van der Waals surface area contributed by atoms with Crippen LogP contribution in [0.3, 0.4) is 0 Å². The van der Waals surface area contributed by atoms with Crippen LogP contribution in [0.25, 0.3) is 10.9 Å². The standard InChI is InChI=1S/C19H17FN2O3/c1-11(2)22-15-6-4-3-5-13(15)19(21-22)18(25)10-17(24)14-9-12(20)7-8-16(14)23/h3-9,11,23H,10H2,1-2H3. The zero-order valence-electron chi connectivity index (χ0n) is 13.9. The number of nitrogens with zero attached hydrogens (tertiary/aromatic N) is 2. The summed E-state index contributed by atoms with van der Waals surface area (Å²) in [7, 11) is 0. The van der Waals surface area contributed by atoms with Gasteiger partial charge in [0.05, 0.1) is 17.5 Å². The van der Waals surface area contributed by atoms with Gasteiger partial charge in [-0.15, -0.1) is 0 Å². The Balaban J connectivity index is 1.95. The smallest absolute Gasteiger partial charge is 0.191 e. The van der Waals surface area contributed by atoms with Gasteiger partial charge >= 0.3 is 0 Å². The van der Waals surface area contributed by atoms with E-state index in [1.165, 1.54) is 0 Å². The molecule has 0 aliphatic rings. The first kappa shape index (κ1) is 16.8. The fraction of sp³-hybridized carbons (Fsp3) is 0.211. The molecule has 0 bridgehead atoms. The monoisotopic (exact) mass is 340 g/mol. The summed E-state index contributed by atoms with van der Waals surface area (Å²) in [5.74, 6) is -2.12. The average Bonchev–Trinajstić information content (AvgIpc) is 2.97. The van der Waals surface area contributed by atoms with Gasteiger partial charge in [-0.25, -0.2) is 4.39 Å². The molecule has 3 rings (SSSR count). The molecule has 3 aromatic rings. The highest BCUT2D eigenvalue weighted by Crippen LogP contribution is 2.24. The Morgan fingerprint density at radius 3 is 2.60 bits per heavy atom. The lowest BCUT2D eigenvalue weighted by atomic mass is 10.0. The van der Waals surface area contributed by atoms with Gasteiger partial charge in [-0.2, -0.15) is 5.10 Å². The first-order valence-corrected chi connectivity index (χ1v) is 7.90. The second kappa shape index (κ2) is 6.47. The van der Waals surface area contributed by atoms with E-state index in [-0.39, 0.29) is 23.0 Å². The number of para-hydroxylation sites is 1. The van der Waals surface area contributed by atoms with Gasteiger partial charge in [0.1, 0.15) is 17.3 Å². The molecular formula is C19H17FN2O3. The number of benzene rings is 2. The molecule has 0 amide bonds. The van der Waals surface area contributed by atoms with Crippen LogP contribution in [0, 0.1) is 5.82 Å². The molecule has 1 N–H and O–H groups in total. The number of ketones is 2. The van der Waals surface area contributed by atoms with Crippen LogP contribution in [-0.2, 0) is 0 Å². The van der Waals surface area contributed by atoms with E-state index in [0.717, 1.165) is 23.7 Å². The van der Waals surface area contributed by atoms with Crippen molar-refractivity contribution in [2.75, 3.05) is 0 Å². The SMILES string of the molecule is CC(C)n1nc(C(=O)CC(=O)c2cc(F)ccc2O)c2ccccc21. The Hall–Kier alpha value is -3.02. The van der Waals surface area contributed by atoms with E-state index in [1.807, 2.05) is 26.0 Å². The molecular weight excluding hydrogens is 323 g/mol. The van der Waals surface area contributed by atoms with E-state index in [9.17, 15) is 19.1 Å². The number of fused-ring (bicyclic) bond motifs is 1. The van der Waals surface area contributed by atoms with Crippen molar-refractivity contribution in [3.05, 3.63) is 59.5 Å². The number of rotatable bonds is 5. The number of Topliss-reactive ketones (excluding diaryl/α,β-unsaturated/α-hetero) is 2. The molecule has 6 heteroatoms. The number of hydrogen-bond donors (Lipinski definition) is 1. The molecule has 2 aromatic carbocycles. The van der Waals surface area contributed by atoms with Gasteiger partial charge in [0.2, 0.25) is 0 Å². The Labute approximate surface area is 143 Å². The highest BCUT2D eigenvalue weighted by Gasteiger charge is 2.22. The third kappa shape index (κ3) is 3.15. The van der Waals surface area contributed by atoms with Crippen LogP contribution >= 0.6 is 0 Å². The maximum absolute atomic E-state index is 13.3. The van der Waals surface area contributed by atoms with Crippen LogP contribution in [0.1, 0.15) is 47.2 Å². The van der Waals surface area contributed by atoms with Crippen molar-refractivity contribution in [1.29, 1.82) is 0 Å². The number of hydrogen-bond acceptors (Lipinski definition) is 4. The third-order valence-electron chi connectivity index (χ3n) is 3.95. The fourth-order valence-corrected chi connectivity index (χ4v) is 2.75. The van der Waals surface area contributed by atoms with Gasteiger partial charge in [0.25, 0.3) is 0 Å². The molecule has 1 aromatic heterocycles. The summed E-state index contributed by atoms with van der Waals surface area (Å²) in [5.41, 5.74) is 0.802. The maximum atomic E-state index is 13.3. The van der Waals surface area contributed by atoms with E-state index < -0.39 is 23.8 Å². The highest BCUT2D eigenvalue weighted by molar-refractivity contribution is 6.17. The summed E-state index contributed by atoms with van der Waals surface area (Å²) >= 11 is 0. The average molecular weight is 340 g/mol. The summed E-state index contributed by atoms with van der Waals surface area (Å²) in [6.07, 6.45) is -0.490. The van der Waals surface area contributed by atoms with Gasteiger partial charge < -0.3 is 5.11 Å². The second-order valence-corrected chi connectivity index (χ2v) is 6.09. The summed E-state index contributed by atoms with van der Waals surface area (Å²) in [6.45, 7) is 3.90. The van der Waals surface area contributed by atoms with E-state index in [2.05, 4.69) is 5.10 Å². The molecule has 0 aliphatic heterocycles. The summed E-state index contributed by atoms with van der Waals surface area (Å²) < 4.78 is 15.0. The van der Waals surface area contributed by atoms with Crippen LogP contribution in [0.2, 0.25) is 0 Å². The fourth-order valence-electron chi connectivity index (χ4n) is 2.75. The summed E-state index contributed by atoms with van der Waals surface area (Å²) in [5, 5.41) is 14.7. The van der Waals surface area contributed by atoms with E-state index >= 15 is 0 Å². The van der Waals surface area contributed by atoms with Crippen molar-refractivity contribution in [1.82, 2.24) is 9.78 Å². The number of carbonyl (C=O) groups excluding carboxylic acids is 2. The lowest BCUT2D eigenvalue weighted by molar-refractivity contribution is 0.0890. The van der Waals surface area contributed by atoms with Gasteiger partial charge in [-0.05, 0) is 38.1 Å². The van der Waals surface area contributed by atoms with Crippen molar-refractivity contribution in [3.8, 4) is 5.75 Å². The number of phenolic OH excluding ortho intramolecular Hbond substituents is 1. The first-order valence-electron chi connectivity index (χ1n) is 7.90. The lowest BCUT2D eigenvalue weighted by Crippen LogP contribution is -2.11. The molecule has 0 fully saturated rings. The molecule has 5 nitrogen and oxygen atoms in total. The van der Waals surface area contributed by atoms with Crippen LogP contribution in [-0.4, -0.2) is 26.5 Å². The van der Waals surface area contributed by atoms with Crippen LogP contribution in [0.5, 0.6) is 5.75 Å². The van der Waals surface area contributed by atoms with E-state index in [0.29, 0.717) is 5.39 Å². The van der Waals surface area contributed by atoms with E-state index in [4.69, 9.17) is 0 Å². The van der Waals surface area contributed by atoms with Gasteiger partial charge in [-0.1, -0.05) is 18.2 Å². The normalized spacial score (nSPS) is 11.2. The molecule has 0 spiro atoms. The lowest BCUT2D eigenvalue weighted by Gasteiger charge is -2.06. The Kier molecular flexibility index (Phi) is 4.35. The predicted octanol–water partition coefficient (Wildman–Crippen LogP) is 3.92. The molecule has 0 saturated heterocycles. The number of aromatic nitrogens is 2. The minimum Gasteiger partial charge on any atom is -0.507 e. The quantitative estimate of drug-likeness (QED) is 0.564. The minimum absolute atomic E-state index is 0.0504. The molecule has 0 atom stereocenters. The molecule has 0 radical (unpaired) electrons. The largest absolute Gasteiger partial charge is 0.507 e. The number of halogens is 1. The topological polar surface area (TPSA) is 72.2 Å². The third-order valence-corrected chi connectivity index (χ3v) is 3.95. The Bertz CT molecular complexity index is 976. The number of aromatic hydroxyl groups is 1. The molecule has 1 heterocycles. The molecule has 128 valence electrons. The van der Waals surface area contributed by atoms with Crippen molar-refractivity contribution >= 4 is 22.5 Å². The number of phenols is 1. The van der Waals surface area contributed by atoms with Crippen molar-refractivity contribution in [2.45, 2.75) is 26.3 Å². The van der Waals surface area contributed by atoms with Gasteiger partial charge in [0.15, 0.2) is 11.6 Å². The highest BCUT2D eigenvalue weighted by atomic mass is 19.1. The maximum Gasteiger partial charge on any atom is 0.191 e. The van der Waals surface area contributed by atoms with Crippen LogP contribution in [0.15, 0.2) is 42.5 Å². The molecule has 25 heavy (non-hydrogen) atoms. The molecule has 0 unspecified atom stereocenters. The molecule has 0 aliphatic carbocycles. The minimum atomic E-state index is -0.650. The summed E-state index contributed by atoms with van der Waals surface area (Å²) in [6, 6.07) is 10.4. The van der Waals surface area contributed by atoms with Crippen molar-refractivity contribution in [2.24, 2.45) is 0 Å². The van der Waals surface area contributed by atoms with E-state index in [1.54, 1.807) is 16.8 Å². The zero-order valence-corrected chi connectivity index (χ0v) is 13.9.